The first-order valence-electron chi connectivity index (χ1n) is 14.6. The number of anilines is 1. The first kappa shape index (κ1) is 31.1. The van der Waals surface area contributed by atoms with Gasteiger partial charge < -0.3 is 14.8 Å². The monoisotopic (exact) mass is 589 g/mol. The van der Waals surface area contributed by atoms with Gasteiger partial charge in [-0.2, -0.15) is 0 Å². The maximum atomic E-state index is 13.6. The lowest BCUT2D eigenvalue weighted by molar-refractivity contribution is 0.0941. The lowest BCUT2D eigenvalue weighted by Crippen LogP contribution is -2.51. The van der Waals surface area contributed by atoms with Crippen LogP contribution in [-0.4, -0.2) is 47.9 Å². The Hall–Kier alpha value is -2.83. The van der Waals surface area contributed by atoms with Crippen molar-refractivity contribution in [2.75, 3.05) is 11.9 Å². The van der Waals surface area contributed by atoms with Gasteiger partial charge in [0.05, 0.1) is 16.5 Å². The van der Waals surface area contributed by atoms with Crippen LogP contribution >= 0.6 is 11.3 Å². The third-order valence-corrected chi connectivity index (χ3v) is 15.7. The normalized spacial score (nSPS) is 19.2. The van der Waals surface area contributed by atoms with Crippen LogP contribution in [-0.2, 0) is 10.8 Å². The number of hydrogen-bond donors (Lipinski definition) is 2. The molecule has 0 aliphatic heterocycles. The fourth-order valence-corrected chi connectivity index (χ4v) is 13.2. The summed E-state index contributed by atoms with van der Waals surface area (Å²) in [7, 11) is -2.10. The van der Waals surface area contributed by atoms with E-state index < -0.39 is 8.32 Å². The number of terminal acetylenes is 1. The molecule has 0 spiro atoms. The Morgan fingerprint density at radius 1 is 1.15 bits per heavy atom. The molecular formula is C33H43N3O3SSi. The van der Waals surface area contributed by atoms with Crippen LogP contribution in [0.2, 0.25) is 16.6 Å². The van der Waals surface area contributed by atoms with Crippen molar-refractivity contribution in [2.45, 2.75) is 89.6 Å². The van der Waals surface area contributed by atoms with E-state index >= 15 is 0 Å². The molecule has 3 aromatic rings. The number of nitrogens with one attached hydrogen (secondary N) is 1. The number of carbonyl (C=O) groups is 1. The topological polar surface area (TPSA) is 84.3 Å². The SMILES string of the molecule is C#Cc1cccc(Cc2csc(C(=O)c3cncnc3N[C@@H]3C[C@H](CO)[C@@H](O[Si](C(C)C)(C(C)C)C(C)C)C3)c2)c1. The van der Waals surface area contributed by atoms with Crippen LogP contribution in [0.3, 0.4) is 0 Å². The van der Waals surface area contributed by atoms with Crippen LogP contribution in [0, 0.1) is 18.3 Å². The van der Waals surface area contributed by atoms with Crippen molar-refractivity contribution in [3.05, 3.63) is 75.4 Å². The van der Waals surface area contributed by atoms with E-state index in [0.29, 0.717) is 39.3 Å². The quantitative estimate of drug-likeness (QED) is 0.133. The summed E-state index contributed by atoms with van der Waals surface area (Å²) in [5.74, 6) is 3.15. The number of hydrogen-bond acceptors (Lipinski definition) is 7. The van der Waals surface area contributed by atoms with Crippen molar-refractivity contribution in [3.63, 3.8) is 0 Å². The van der Waals surface area contributed by atoms with E-state index in [-0.39, 0.29) is 30.5 Å². The van der Waals surface area contributed by atoms with Crippen LogP contribution in [0.25, 0.3) is 0 Å². The molecule has 8 heteroatoms. The molecule has 0 amide bonds. The predicted octanol–water partition coefficient (Wildman–Crippen LogP) is 7.08. The zero-order valence-electron chi connectivity index (χ0n) is 25.1. The molecule has 0 unspecified atom stereocenters. The third-order valence-electron chi connectivity index (χ3n) is 8.60. The predicted molar refractivity (Wildman–Crippen MR) is 170 cm³/mol. The number of benzene rings is 1. The molecule has 218 valence electrons. The molecule has 1 aliphatic rings. The average molecular weight is 590 g/mol. The van der Waals surface area contributed by atoms with Gasteiger partial charge in [-0.05, 0) is 70.6 Å². The molecule has 1 fully saturated rings. The van der Waals surface area contributed by atoms with Crippen LogP contribution in [0.5, 0.6) is 0 Å². The molecule has 2 heterocycles. The Morgan fingerprint density at radius 3 is 2.54 bits per heavy atom. The van der Waals surface area contributed by atoms with E-state index in [2.05, 4.69) is 62.7 Å². The van der Waals surface area contributed by atoms with Gasteiger partial charge >= 0.3 is 0 Å². The molecule has 1 aromatic carbocycles. The van der Waals surface area contributed by atoms with E-state index in [1.54, 1.807) is 6.20 Å². The Kier molecular flexibility index (Phi) is 10.2. The Morgan fingerprint density at radius 2 is 1.88 bits per heavy atom. The molecule has 2 N–H and O–H groups in total. The second-order valence-corrected chi connectivity index (χ2v) is 18.5. The summed E-state index contributed by atoms with van der Waals surface area (Å²) >= 11 is 1.43. The first-order chi connectivity index (χ1) is 19.6. The number of rotatable bonds is 12. The minimum absolute atomic E-state index is 0.0230. The zero-order chi connectivity index (χ0) is 29.7. The maximum Gasteiger partial charge on any atom is 0.208 e. The number of carbonyl (C=O) groups excluding carboxylic acids is 1. The fraction of sp³-hybridized carbons (Fsp3) is 0.485. The van der Waals surface area contributed by atoms with E-state index in [9.17, 15) is 9.90 Å². The average Bonchev–Trinajstić information content (AvgIpc) is 3.57. The molecule has 4 rings (SSSR count). The number of thiophene rings is 1. The summed E-state index contributed by atoms with van der Waals surface area (Å²) in [5, 5.41) is 15.8. The molecule has 0 bridgehead atoms. The van der Waals surface area contributed by atoms with Gasteiger partial charge in [0.1, 0.15) is 12.1 Å². The Bertz CT molecular complexity index is 1360. The smallest absolute Gasteiger partial charge is 0.208 e. The molecule has 0 radical (unpaired) electrons. The molecule has 6 nitrogen and oxygen atoms in total. The van der Waals surface area contributed by atoms with E-state index in [0.717, 1.165) is 29.5 Å². The highest BCUT2D eigenvalue weighted by Gasteiger charge is 2.49. The minimum Gasteiger partial charge on any atom is -0.413 e. The highest BCUT2D eigenvalue weighted by Crippen LogP contribution is 2.46. The van der Waals surface area contributed by atoms with Crippen molar-refractivity contribution >= 4 is 31.3 Å². The number of aliphatic hydroxyl groups excluding tert-OH is 1. The summed E-state index contributed by atoms with van der Waals surface area (Å²) in [6, 6.07) is 9.90. The summed E-state index contributed by atoms with van der Waals surface area (Å²) in [6.45, 7) is 13.8. The van der Waals surface area contributed by atoms with Gasteiger partial charge in [-0.15, -0.1) is 17.8 Å². The van der Waals surface area contributed by atoms with Crippen molar-refractivity contribution in [2.24, 2.45) is 5.92 Å². The lowest BCUT2D eigenvalue weighted by Gasteiger charge is -2.45. The van der Waals surface area contributed by atoms with Crippen LogP contribution in [0.15, 0.2) is 48.2 Å². The molecule has 0 saturated heterocycles. The largest absolute Gasteiger partial charge is 0.413 e. The van der Waals surface area contributed by atoms with Gasteiger partial charge in [-0.1, -0.05) is 59.6 Å². The summed E-state index contributed by atoms with van der Waals surface area (Å²) in [6.07, 6.45) is 10.8. The number of nitrogens with zero attached hydrogens (tertiary/aromatic N) is 2. The summed E-state index contributed by atoms with van der Waals surface area (Å²) in [5.41, 5.74) is 4.88. The standard InChI is InChI=1S/C33H43N3O3SSi/c1-8-24-10-9-11-25(12-24)13-26-14-31(40-19-26)32(38)29-17-34-20-35-33(29)36-28-15-27(18-37)30(16-28)39-41(21(2)3,22(4)5)23(6)7/h1,9-12,14,17,19-23,27-28,30,37H,13,15-16,18H2,2-7H3,(H,34,35,36)/t27-,28-,30+/m1/s1. The van der Waals surface area contributed by atoms with Gasteiger partial charge in [0.25, 0.3) is 0 Å². The van der Waals surface area contributed by atoms with Gasteiger partial charge in [0.2, 0.25) is 14.1 Å². The van der Waals surface area contributed by atoms with Gasteiger partial charge in [-0.25, -0.2) is 9.97 Å². The zero-order valence-corrected chi connectivity index (χ0v) is 26.9. The van der Waals surface area contributed by atoms with Crippen molar-refractivity contribution < 1.29 is 14.3 Å². The Labute approximate surface area is 250 Å². The lowest BCUT2D eigenvalue weighted by atomic mass is 10.0. The Balaban J connectivity index is 1.49. The number of aliphatic hydroxyl groups is 1. The van der Waals surface area contributed by atoms with Crippen LogP contribution in [0.1, 0.15) is 86.3 Å². The number of ketones is 1. The second kappa shape index (κ2) is 13.4. The fourth-order valence-electron chi connectivity index (χ4n) is 6.74. The van der Waals surface area contributed by atoms with Crippen LogP contribution in [0.4, 0.5) is 5.82 Å². The number of aromatic nitrogens is 2. The summed E-state index contributed by atoms with van der Waals surface area (Å²) < 4.78 is 7.10. The molecule has 1 aliphatic carbocycles. The molecule has 1 saturated carbocycles. The maximum absolute atomic E-state index is 13.6. The highest BCUT2D eigenvalue weighted by molar-refractivity contribution is 7.12. The third kappa shape index (κ3) is 6.81. The summed E-state index contributed by atoms with van der Waals surface area (Å²) in [4.78, 5) is 22.9. The minimum atomic E-state index is -2.10. The molecular weight excluding hydrogens is 547 g/mol. The molecule has 41 heavy (non-hydrogen) atoms. The second-order valence-electron chi connectivity index (χ2n) is 12.2. The van der Waals surface area contributed by atoms with Gasteiger partial charge in [-0.3, -0.25) is 4.79 Å². The van der Waals surface area contributed by atoms with Crippen molar-refractivity contribution in [1.82, 2.24) is 9.97 Å². The van der Waals surface area contributed by atoms with Crippen molar-refractivity contribution in [3.8, 4) is 12.3 Å². The highest BCUT2D eigenvalue weighted by atomic mass is 32.1. The van der Waals surface area contributed by atoms with E-state index in [1.807, 2.05) is 35.7 Å². The molecule has 3 atom stereocenters. The van der Waals surface area contributed by atoms with Gasteiger partial charge in [0.15, 0.2) is 0 Å². The van der Waals surface area contributed by atoms with Crippen LogP contribution < -0.4 is 5.32 Å². The van der Waals surface area contributed by atoms with E-state index in [4.69, 9.17) is 10.8 Å². The van der Waals surface area contributed by atoms with Gasteiger partial charge in [0, 0.05) is 30.3 Å². The van der Waals surface area contributed by atoms with Crippen molar-refractivity contribution in [1.29, 1.82) is 0 Å². The van der Waals surface area contributed by atoms with E-state index in [1.165, 1.54) is 17.7 Å². The molecule has 2 aromatic heterocycles. The first-order valence-corrected chi connectivity index (χ1v) is 17.6.